The van der Waals surface area contributed by atoms with Crippen molar-refractivity contribution >= 4 is 21.7 Å². The van der Waals surface area contributed by atoms with Crippen molar-refractivity contribution in [3.63, 3.8) is 0 Å². The van der Waals surface area contributed by atoms with Crippen LogP contribution in [0.15, 0.2) is 46.9 Å². The highest BCUT2D eigenvalue weighted by Crippen LogP contribution is 2.48. The lowest BCUT2D eigenvalue weighted by atomic mass is 10.0. The Labute approximate surface area is 130 Å². The highest BCUT2D eigenvalue weighted by molar-refractivity contribution is 9.10. The number of ketones is 1. The highest BCUT2D eigenvalue weighted by Gasteiger charge is 2.43. The zero-order chi connectivity index (χ0) is 15.0. The predicted molar refractivity (Wildman–Crippen MR) is 80.1 cm³/mol. The number of rotatable bonds is 4. The summed E-state index contributed by atoms with van der Waals surface area (Å²) in [7, 11) is 0. The molecule has 0 N–H and O–H groups in total. The number of Topliss-reactive ketones (excluding diaryl/α,β-unsaturated/α-hetero) is 1. The van der Waals surface area contributed by atoms with E-state index >= 15 is 0 Å². The van der Waals surface area contributed by atoms with Gasteiger partial charge >= 0.3 is 0 Å². The Morgan fingerprint density at radius 1 is 1.14 bits per heavy atom. The zero-order valence-electron chi connectivity index (χ0n) is 11.2. The van der Waals surface area contributed by atoms with E-state index in [0.717, 1.165) is 12.0 Å². The average molecular weight is 351 g/mol. The van der Waals surface area contributed by atoms with E-state index in [0.29, 0.717) is 0 Å². The topological polar surface area (TPSA) is 17.1 Å². The van der Waals surface area contributed by atoms with Crippen molar-refractivity contribution in [3.8, 4) is 0 Å². The molecule has 1 aliphatic rings. The van der Waals surface area contributed by atoms with Crippen LogP contribution < -0.4 is 0 Å². The van der Waals surface area contributed by atoms with Crippen LogP contribution in [0.3, 0.4) is 0 Å². The van der Waals surface area contributed by atoms with E-state index in [1.165, 1.54) is 12.1 Å². The van der Waals surface area contributed by atoms with Crippen molar-refractivity contribution in [1.82, 2.24) is 0 Å². The molecule has 0 aliphatic heterocycles. The Bertz CT molecular complexity index is 685. The fourth-order valence-corrected chi connectivity index (χ4v) is 3.03. The van der Waals surface area contributed by atoms with E-state index in [1.54, 1.807) is 0 Å². The van der Waals surface area contributed by atoms with Gasteiger partial charge in [-0.3, -0.25) is 4.79 Å². The molecule has 108 valence electrons. The van der Waals surface area contributed by atoms with E-state index in [4.69, 9.17) is 0 Å². The highest BCUT2D eigenvalue weighted by atomic mass is 79.9. The Morgan fingerprint density at radius 2 is 1.86 bits per heavy atom. The molecular formula is C17H13BrF2O. The van der Waals surface area contributed by atoms with Crippen molar-refractivity contribution in [3.05, 3.63) is 69.7 Å². The minimum Gasteiger partial charge on any atom is -0.299 e. The van der Waals surface area contributed by atoms with Crippen molar-refractivity contribution in [2.24, 2.45) is 5.92 Å². The van der Waals surface area contributed by atoms with Crippen molar-refractivity contribution in [2.75, 3.05) is 0 Å². The Kier molecular flexibility index (Phi) is 3.89. The van der Waals surface area contributed by atoms with Gasteiger partial charge < -0.3 is 0 Å². The molecule has 1 saturated carbocycles. The van der Waals surface area contributed by atoms with E-state index in [-0.39, 0.29) is 34.1 Å². The third-order valence-electron chi connectivity index (χ3n) is 3.92. The monoisotopic (exact) mass is 350 g/mol. The molecule has 1 aliphatic carbocycles. The molecule has 1 nitrogen and oxygen atoms in total. The van der Waals surface area contributed by atoms with Crippen molar-refractivity contribution < 1.29 is 13.6 Å². The maximum Gasteiger partial charge on any atom is 0.143 e. The predicted octanol–water partition coefficient (Wildman–Crippen LogP) is 4.64. The van der Waals surface area contributed by atoms with E-state index in [2.05, 4.69) is 15.9 Å². The molecule has 0 heterocycles. The molecule has 3 rings (SSSR count). The molecule has 0 spiro atoms. The smallest absolute Gasteiger partial charge is 0.143 e. The second-order valence-electron chi connectivity index (χ2n) is 5.32. The lowest BCUT2D eigenvalue weighted by Crippen LogP contribution is -2.10. The van der Waals surface area contributed by atoms with Crippen molar-refractivity contribution in [2.45, 2.75) is 18.8 Å². The minimum absolute atomic E-state index is 0.0975. The minimum atomic E-state index is -0.680. The van der Waals surface area contributed by atoms with Gasteiger partial charge in [0.1, 0.15) is 17.4 Å². The molecular weight excluding hydrogens is 338 g/mol. The molecule has 4 heteroatoms. The molecule has 0 amide bonds. The quantitative estimate of drug-likeness (QED) is 0.734. The molecule has 2 unspecified atom stereocenters. The normalized spacial score (nSPS) is 20.3. The first-order valence-corrected chi connectivity index (χ1v) is 7.57. The van der Waals surface area contributed by atoms with E-state index in [9.17, 15) is 13.6 Å². The van der Waals surface area contributed by atoms with Crippen LogP contribution in [-0.4, -0.2) is 5.78 Å². The number of hydrogen-bond donors (Lipinski definition) is 0. The molecule has 2 aromatic rings. The molecule has 0 radical (unpaired) electrons. The van der Waals surface area contributed by atoms with Gasteiger partial charge in [0, 0.05) is 17.9 Å². The van der Waals surface area contributed by atoms with Gasteiger partial charge in [0.05, 0.1) is 4.47 Å². The summed E-state index contributed by atoms with van der Waals surface area (Å²) in [6, 6.07) is 12.2. The first-order valence-electron chi connectivity index (χ1n) is 6.78. The summed E-state index contributed by atoms with van der Waals surface area (Å²) in [4.78, 5) is 12.2. The Balaban J connectivity index is 1.73. The van der Waals surface area contributed by atoms with Gasteiger partial charge in [-0.25, -0.2) is 8.78 Å². The van der Waals surface area contributed by atoms with Crippen LogP contribution in [0.25, 0.3) is 0 Å². The molecule has 2 atom stereocenters. The van der Waals surface area contributed by atoms with Gasteiger partial charge in [0.25, 0.3) is 0 Å². The third-order valence-corrected chi connectivity index (χ3v) is 4.53. The lowest BCUT2D eigenvalue weighted by Gasteiger charge is -2.06. The summed E-state index contributed by atoms with van der Waals surface area (Å²) < 4.78 is 27.8. The van der Waals surface area contributed by atoms with Gasteiger partial charge in [-0.15, -0.1) is 0 Å². The summed E-state index contributed by atoms with van der Waals surface area (Å²) >= 11 is 3.02. The Morgan fingerprint density at radius 3 is 2.57 bits per heavy atom. The summed E-state index contributed by atoms with van der Waals surface area (Å²) in [5.74, 6) is -1.37. The summed E-state index contributed by atoms with van der Waals surface area (Å²) in [6.07, 6.45) is 0.575. The zero-order valence-corrected chi connectivity index (χ0v) is 12.7. The fourth-order valence-electron chi connectivity index (χ4n) is 2.66. The number of carbonyl (C=O) groups excluding carboxylic acids is 1. The summed E-state index contributed by atoms with van der Waals surface area (Å²) in [5.41, 5.74) is 0.971. The average Bonchev–Trinajstić information content (AvgIpc) is 3.29. The maximum atomic E-state index is 13.9. The standard InChI is InChI=1S/C17H13BrF2O/c18-14-6-7-15(19)13(17(14)20)9-16(21)12-8-11(12)10-4-2-1-3-5-10/h1-7,11-12H,8-9H2. The van der Waals surface area contributed by atoms with Crippen LogP contribution in [0.4, 0.5) is 8.78 Å². The first-order chi connectivity index (χ1) is 10.1. The number of hydrogen-bond acceptors (Lipinski definition) is 1. The van der Waals surface area contributed by atoms with Gasteiger partial charge in [0.2, 0.25) is 0 Å². The SMILES string of the molecule is O=C(Cc1c(F)ccc(Br)c1F)C1CC1c1ccccc1. The molecule has 0 bridgehead atoms. The molecule has 2 aromatic carbocycles. The van der Waals surface area contributed by atoms with Gasteiger partial charge in [0.15, 0.2) is 0 Å². The van der Waals surface area contributed by atoms with E-state index < -0.39 is 11.6 Å². The van der Waals surface area contributed by atoms with Crippen LogP contribution in [0.1, 0.15) is 23.5 Å². The van der Waals surface area contributed by atoms with Gasteiger partial charge in [-0.2, -0.15) is 0 Å². The van der Waals surface area contributed by atoms with Gasteiger partial charge in [-0.1, -0.05) is 30.3 Å². The van der Waals surface area contributed by atoms with Gasteiger partial charge in [-0.05, 0) is 46.0 Å². The summed E-state index contributed by atoms with van der Waals surface area (Å²) in [5, 5.41) is 0. The molecule has 21 heavy (non-hydrogen) atoms. The first kappa shape index (κ1) is 14.4. The largest absolute Gasteiger partial charge is 0.299 e. The van der Waals surface area contributed by atoms with Crippen LogP contribution in [0, 0.1) is 17.6 Å². The Hall–Kier alpha value is -1.55. The number of carbonyl (C=O) groups is 1. The molecule has 0 saturated heterocycles. The summed E-state index contributed by atoms with van der Waals surface area (Å²) in [6.45, 7) is 0. The second-order valence-corrected chi connectivity index (χ2v) is 6.18. The van der Waals surface area contributed by atoms with Crippen LogP contribution in [-0.2, 0) is 11.2 Å². The number of halogens is 3. The fraction of sp³-hybridized carbons (Fsp3) is 0.235. The molecule has 0 aromatic heterocycles. The lowest BCUT2D eigenvalue weighted by molar-refractivity contribution is -0.119. The van der Waals surface area contributed by atoms with Crippen LogP contribution in [0.5, 0.6) is 0 Å². The third kappa shape index (κ3) is 2.91. The number of benzene rings is 2. The van der Waals surface area contributed by atoms with Crippen molar-refractivity contribution in [1.29, 1.82) is 0 Å². The maximum absolute atomic E-state index is 13.9. The second kappa shape index (κ2) is 5.68. The van der Waals surface area contributed by atoms with E-state index in [1.807, 2.05) is 30.3 Å². The molecule has 1 fully saturated rings. The van der Waals surface area contributed by atoms with Crippen LogP contribution >= 0.6 is 15.9 Å². The van der Waals surface area contributed by atoms with Crippen LogP contribution in [0.2, 0.25) is 0 Å².